The van der Waals surface area contributed by atoms with Crippen LogP contribution in [0.1, 0.15) is 46.7 Å². The molecule has 1 atom stereocenters. The van der Waals surface area contributed by atoms with Crippen molar-refractivity contribution in [3.63, 3.8) is 0 Å². The van der Waals surface area contributed by atoms with E-state index in [9.17, 15) is 14.4 Å². The molecule has 1 fully saturated rings. The number of hydrazine groups is 1. The molecule has 8 heteroatoms. The van der Waals surface area contributed by atoms with Crippen molar-refractivity contribution < 1.29 is 19.1 Å². The van der Waals surface area contributed by atoms with Crippen molar-refractivity contribution in [2.45, 2.75) is 38.8 Å². The molecule has 148 valence electrons. The van der Waals surface area contributed by atoms with Gasteiger partial charge in [-0.1, -0.05) is 6.07 Å². The van der Waals surface area contributed by atoms with Crippen LogP contribution in [0.5, 0.6) is 5.75 Å². The Labute approximate surface area is 167 Å². The zero-order valence-electron chi connectivity index (χ0n) is 15.8. The molecule has 2 heterocycles. The molecule has 1 aliphatic rings. The Morgan fingerprint density at radius 2 is 1.89 bits per heavy atom. The highest BCUT2D eigenvalue weighted by atomic mass is 32.1. The van der Waals surface area contributed by atoms with E-state index in [1.54, 1.807) is 41.3 Å². The third kappa shape index (κ3) is 4.69. The fourth-order valence-corrected chi connectivity index (χ4v) is 3.73. The highest BCUT2D eigenvalue weighted by Crippen LogP contribution is 2.22. The molecule has 0 radical (unpaired) electrons. The molecular formula is C20H23N3O4S. The smallest absolute Gasteiger partial charge is 0.269 e. The van der Waals surface area contributed by atoms with E-state index in [0.717, 1.165) is 6.42 Å². The molecule has 3 rings (SSSR count). The molecule has 7 nitrogen and oxygen atoms in total. The minimum absolute atomic E-state index is 0.0465. The van der Waals surface area contributed by atoms with Gasteiger partial charge >= 0.3 is 0 Å². The molecule has 0 spiro atoms. The number of amides is 3. The number of likely N-dealkylation sites (tertiary alicyclic amines) is 1. The van der Waals surface area contributed by atoms with Gasteiger partial charge in [-0.25, -0.2) is 0 Å². The van der Waals surface area contributed by atoms with Gasteiger partial charge in [0.2, 0.25) is 0 Å². The molecule has 0 bridgehead atoms. The van der Waals surface area contributed by atoms with Crippen LogP contribution in [-0.2, 0) is 4.79 Å². The highest BCUT2D eigenvalue weighted by Gasteiger charge is 2.35. The van der Waals surface area contributed by atoms with Crippen molar-refractivity contribution in [1.29, 1.82) is 0 Å². The molecule has 1 aromatic carbocycles. The van der Waals surface area contributed by atoms with Crippen molar-refractivity contribution in [3.8, 4) is 5.75 Å². The van der Waals surface area contributed by atoms with E-state index in [1.807, 2.05) is 19.2 Å². The van der Waals surface area contributed by atoms with E-state index in [-0.39, 0.29) is 12.0 Å². The van der Waals surface area contributed by atoms with E-state index in [2.05, 4.69) is 10.9 Å². The number of thiophene rings is 1. The summed E-state index contributed by atoms with van der Waals surface area (Å²) in [4.78, 5) is 39.5. The van der Waals surface area contributed by atoms with Crippen LogP contribution in [0.2, 0.25) is 0 Å². The largest absolute Gasteiger partial charge is 0.491 e. The average Bonchev–Trinajstić information content (AvgIpc) is 3.37. The first-order valence-electron chi connectivity index (χ1n) is 9.17. The Kier molecular flexibility index (Phi) is 6.30. The lowest BCUT2D eigenvalue weighted by atomic mass is 10.2. The van der Waals surface area contributed by atoms with Crippen LogP contribution in [0.25, 0.3) is 0 Å². The van der Waals surface area contributed by atoms with E-state index in [4.69, 9.17) is 4.74 Å². The minimum Gasteiger partial charge on any atom is -0.491 e. The molecule has 1 saturated heterocycles. The van der Waals surface area contributed by atoms with Gasteiger partial charge in [-0.2, -0.15) is 0 Å². The minimum atomic E-state index is -0.586. The van der Waals surface area contributed by atoms with Crippen molar-refractivity contribution >= 4 is 29.1 Å². The summed E-state index contributed by atoms with van der Waals surface area (Å²) < 4.78 is 5.54. The maximum absolute atomic E-state index is 12.5. The Morgan fingerprint density at radius 3 is 2.54 bits per heavy atom. The number of hydrogen-bond donors (Lipinski definition) is 2. The second-order valence-corrected chi connectivity index (χ2v) is 7.72. The number of ether oxygens (including phenoxy) is 1. The van der Waals surface area contributed by atoms with Gasteiger partial charge in [0.15, 0.2) is 0 Å². The number of nitrogens with zero attached hydrogens (tertiary/aromatic N) is 1. The zero-order valence-corrected chi connectivity index (χ0v) is 16.6. The van der Waals surface area contributed by atoms with Gasteiger partial charge in [-0.3, -0.25) is 25.2 Å². The number of rotatable bonds is 5. The van der Waals surface area contributed by atoms with E-state index in [1.165, 1.54) is 11.3 Å². The van der Waals surface area contributed by atoms with Gasteiger partial charge in [0.1, 0.15) is 11.8 Å². The van der Waals surface area contributed by atoms with Crippen molar-refractivity contribution in [3.05, 3.63) is 52.2 Å². The maximum Gasteiger partial charge on any atom is 0.269 e. The molecular weight excluding hydrogens is 378 g/mol. The van der Waals surface area contributed by atoms with Crippen LogP contribution in [0.3, 0.4) is 0 Å². The Bertz CT molecular complexity index is 834. The topological polar surface area (TPSA) is 87.7 Å². The lowest BCUT2D eigenvalue weighted by molar-refractivity contribution is -0.125. The van der Waals surface area contributed by atoms with E-state index < -0.39 is 17.9 Å². The van der Waals surface area contributed by atoms with Crippen molar-refractivity contribution in [1.82, 2.24) is 15.8 Å². The number of hydrogen-bond acceptors (Lipinski definition) is 5. The number of nitrogens with one attached hydrogen (secondary N) is 2. The average molecular weight is 401 g/mol. The summed E-state index contributed by atoms with van der Waals surface area (Å²) in [5, 5.41) is 1.83. The van der Waals surface area contributed by atoms with Gasteiger partial charge in [0.05, 0.1) is 11.0 Å². The highest BCUT2D eigenvalue weighted by molar-refractivity contribution is 7.12. The summed E-state index contributed by atoms with van der Waals surface area (Å²) in [6.07, 6.45) is 1.37. The molecule has 0 saturated carbocycles. The fourth-order valence-electron chi connectivity index (χ4n) is 3.06. The zero-order chi connectivity index (χ0) is 20.1. The summed E-state index contributed by atoms with van der Waals surface area (Å²) in [6, 6.07) is 9.62. The molecule has 0 unspecified atom stereocenters. The fraction of sp³-hybridized carbons (Fsp3) is 0.350. The van der Waals surface area contributed by atoms with E-state index >= 15 is 0 Å². The van der Waals surface area contributed by atoms with Crippen LogP contribution in [0.15, 0.2) is 41.8 Å². The van der Waals surface area contributed by atoms with Gasteiger partial charge in [-0.15, -0.1) is 11.3 Å². The second-order valence-electron chi connectivity index (χ2n) is 6.77. The summed E-state index contributed by atoms with van der Waals surface area (Å²) in [6.45, 7) is 4.37. The molecule has 1 aliphatic heterocycles. The molecule has 28 heavy (non-hydrogen) atoms. The van der Waals surface area contributed by atoms with Crippen molar-refractivity contribution in [2.75, 3.05) is 6.54 Å². The third-order valence-corrected chi connectivity index (χ3v) is 5.19. The number of carbonyl (C=O) groups is 3. The quantitative estimate of drug-likeness (QED) is 0.754. The maximum atomic E-state index is 12.5. The first-order chi connectivity index (χ1) is 13.5. The lowest BCUT2D eigenvalue weighted by Crippen LogP contribution is -2.51. The standard InChI is InChI=1S/C20H23N3O4S/c1-13(2)27-15-9-7-14(8-10-15)18(24)21-22-19(25)16-5-3-11-23(16)20(26)17-6-4-12-28-17/h4,6-10,12-13,16H,3,5,11H2,1-2H3,(H,21,24)(H,22,25)/t16-/m0/s1. The monoisotopic (exact) mass is 401 g/mol. The van der Waals surface area contributed by atoms with Gasteiger partial charge in [-0.05, 0) is 62.4 Å². The van der Waals surface area contributed by atoms with Crippen LogP contribution in [0.4, 0.5) is 0 Å². The summed E-state index contributed by atoms with van der Waals surface area (Å²) in [5.74, 6) is -0.307. The Balaban J connectivity index is 1.55. The van der Waals surface area contributed by atoms with Crippen LogP contribution in [-0.4, -0.2) is 41.3 Å². The molecule has 3 amide bonds. The second kappa shape index (κ2) is 8.88. The first kappa shape index (κ1) is 19.9. The van der Waals surface area contributed by atoms with Crippen LogP contribution < -0.4 is 15.6 Å². The number of carbonyl (C=O) groups excluding carboxylic acids is 3. The van der Waals surface area contributed by atoms with Crippen LogP contribution >= 0.6 is 11.3 Å². The van der Waals surface area contributed by atoms with E-state index in [0.29, 0.717) is 29.2 Å². The Morgan fingerprint density at radius 1 is 1.14 bits per heavy atom. The third-order valence-electron chi connectivity index (χ3n) is 4.34. The summed E-state index contributed by atoms with van der Waals surface area (Å²) in [7, 11) is 0. The van der Waals surface area contributed by atoms with Crippen molar-refractivity contribution in [2.24, 2.45) is 0 Å². The molecule has 2 aromatic rings. The summed E-state index contributed by atoms with van der Waals surface area (Å²) in [5.41, 5.74) is 5.25. The molecule has 0 aliphatic carbocycles. The predicted octanol–water partition coefficient (Wildman–Crippen LogP) is 2.60. The SMILES string of the molecule is CC(C)Oc1ccc(C(=O)NNC(=O)[C@@H]2CCCN2C(=O)c2cccs2)cc1. The first-order valence-corrected chi connectivity index (χ1v) is 10.0. The number of benzene rings is 1. The van der Waals surface area contributed by atoms with Gasteiger partial charge in [0, 0.05) is 12.1 Å². The van der Waals surface area contributed by atoms with Gasteiger partial charge in [0.25, 0.3) is 17.7 Å². The predicted molar refractivity (Wildman–Crippen MR) is 106 cm³/mol. The summed E-state index contributed by atoms with van der Waals surface area (Å²) >= 11 is 1.35. The van der Waals surface area contributed by atoms with Gasteiger partial charge < -0.3 is 9.64 Å². The molecule has 2 N–H and O–H groups in total. The normalized spacial score (nSPS) is 16.1. The lowest BCUT2D eigenvalue weighted by Gasteiger charge is -2.23. The van der Waals surface area contributed by atoms with Crippen LogP contribution in [0, 0.1) is 0 Å². The Hall–Kier alpha value is -2.87. The molecule has 1 aromatic heterocycles.